The van der Waals surface area contributed by atoms with Gasteiger partial charge in [-0.3, -0.25) is 4.98 Å². The van der Waals surface area contributed by atoms with Gasteiger partial charge in [0.2, 0.25) is 0 Å². The highest BCUT2D eigenvalue weighted by atomic mass is 16.6. The monoisotopic (exact) mass is 310 g/mol. The van der Waals surface area contributed by atoms with E-state index >= 15 is 0 Å². The molecule has 2 aliphatic rings. The number of hydrogen-bond acceptors (Lipinski definition) is 4. The van der Waals surface area contributed by atoms with E-state index in [9.17, 15) is 0 Å². The number of nitrogens with zero attached hydrogens (tertiary/aromatic N) is 1. The minimum atomic E-state index is 0.0408. The number of pyridine rings is 1. The molecule has 0 amide bonds. The topological polar surface area (TPSA) is 43.4 Å². The summed E-state index contributed by atoms with van der Waals surface area (Å²) in [6.07, 6.45) is 8.55. The molecule has 0 saturated heterocycles. The van der Waals surface area contributed by atoms with Gasteiger partial charge >= 0.3 is 0 Å². The molecule has 0 bridgehead atoms. The molecule has 4 heteroatoms. The van der Waals surface area contributed by atoms with Gasteiger partial charge in [0.05, 0.1) is 0 Å². The van der Waals surface area contributed by atoms with E-state index in [-0.39, 0.29) is 5.54 Å². The Balaban J connectivity index is 1.59. The molecule has 1 N–H and O–H groups in total. The summed E-state index contributed by atoms with van der Waals surface area (Å²) in [6.45, 7) is 2.13. The zero-order chi connectivity index (χ0) is 15.5. The van der Waals surface area contributed by atoms with Crippen LogP contribution in [0.2, 0.25) is 0 Å². The maximum Gasteiger partial charge on any atom is 0.161 e. The van der Waals surface area contributed by atoms with Crippen LogP contribution < -0.4 is 14.8 Å². The Hall–Kier alpha value is -2.07. The first-order valence-electron chi connectivity index (χ1n) is 8.40. The second kappa shape index (κ2) is 6.20. The van der Waals surface area contributed by atoms with Gasteiger partial charge in [0.25, 0.3) is 0 Å². The number of hydrogen-bond donors (Lipinski definition) is 1. The van der Waals surface area contributed by atoms with Crippen LogP contribution in [0.1, 0.15) is 36.8 Å². The van der Waals surface area contributed by atoms with Crippen molar-refractivity contribution in [1.82, 2.24) is 10.3 Å². The van der Waals surface area contributed by atoms with Crippen LogP contribution in [0.3, 0.4) is 0 Å². The lowest BCUT2D eigenvalue weighted by Gasteiger charge is -2.32. The third kappa shape index (κ3) is 2.91. The zero-order valence-corrected chi connectivity index (χ0v) is 13.3. The van der Waals surface area contributed by atoms with Gasteiger partial charge in [0.15, 0.2) is 11.5 Å². The van der Waals surface area contributed by atoms with Crippen molar-refractivity contribution in [3.63, 3.8) is 0 Å². The van der Waals surface area contributed by atoms with Crippen molar-refractivity contribution in [2.75, 3.05) is 13.2 Å². The summed E-state index contributed by atoms with van der Waals surface area (Å²) in [5, 5.41) is 3.81. The highest BCUT2D eigenvalue weighted by molar-refractivity contribution is 5.46. The Morgan fingerprint density at radius 3 is 2.48 bits per heavy atom. The van der Waals surface area contributed by atoms with E-state index in [0.717, 1.165) is 30.9 Å². The molecule has 1 aromatic heterocycles. The van der Waals surface area contributed by atoms with Crippen LogP contribution in [0.4, 0.5) is 0 Å². The van der Waals surface area contributed by atoms with Gasteiger partial charge in [-0.15, -0.1) is 0 Å². The van der Waals surface area contributed by atoms with Crippen LogP contribution in [-0.4, -0.2) is 18.2 Å². The maximum absolute atomic E-state index is 5.77. The third-order valence-electron chi connectivity index (χ3n) is 4.93. The first kappa shape index (κ1) is 14.5. The highest BCUT2D eigenvalue weighted by Gasteiger charge is 2.35. The van der Waals surface area contributed by atoms with Gasteiger partial charge in [0, 0.05) is 24.5 Å². The lowest BCUT2D eigenvalue weighted by atomic mass is 9.87. The molecular weight excluding hydrogens is 288 g/mol. The van der Waals surface area contributed by atoms with E-state index in [2.05, 4.69) is 40.6 Å². The molecule has 1 aromatic carbocycles. The van der Waals surface area contributed by atoms with Crippen molar-refractivity contribution in [3.8, 4) is 11.5 Å². The van der Waals surface area contributed by atoms with Gasteiger partial charge in [-0.25, -0.2) is 0 Å². The molecule has 1 fully saturated rings. The summed E-state index contributed by atoms with van der Waals surface area (Å²) in [4.78, 5) is 4.09. The predicted molar refractivity (Wildman–Crippen MR) is 88.7 cm³/mol. The molecule has 0 unspecified atom stereocenters. The fourth-order valence-corrected chi connectivity index (χ4v) is 3.66. The lowest BCUT2D eigenvalue weighted by Crippen LogP contribution is -2.39. The van der Waals surface area contributed by atoms with Crippen LogP contribution in [0, 0.1) is 0 Å². The first-order valence-corrected chi connectivity index (χ1v) is 8.40. The van der Waals surface area contributed by atoms with Crippen LogP contribution in [0.15, 0.2) is 42.7 Å². The van der Waals surface area contributed by atoms with E-state index in [1.165, 1.54) is 24.0 Å². The first-order chi connectivity index (χ1) is 11.4. The molecule has 1 aliphatic carbocycles. The largest absolute Gasteiger partial charge is 0.486 e. The second-order valence-corrected chi connectivity index (χ2v) is 6.36. The van der Waals surface area contributed by atoms with Gasteiger partial charge in [0.1, 0.15) is 13.2 Å². The lowest BCUT2D eigenvalue weighted by molar-refractivity contribution is 0.170. The van der Waals surface area contributed by atoms with Crippen molar-refractivity contribution in [3.05, 3.63) is 53.9 Å². The van der Waals surface area contributed by atoms with Crippen LogP contribution in [0.5, 0.6) is 11.5 Å². The van der Waals surface area contributed by atoms with E-state index in [0.29, 0.717) is 13.2 Å². The fraction of sp³-hybridized carbons (Fsp3) is 0.421. The zero-order valence-electron chi connectivity index (χ0n) is 13.3. The van der Waals surface area contributed by atoms with E-state index < -0.39 is 0 Å². The summed E-state index contributed by atoms with van der Waals surface area (Å²) in [7, 11) is 0. The minimum Gasteiger partial charge on any atom is -0.486 e. The molecule has 2 aromatic rings. The Kier molecular flexibility index (Phi) is 3.92. The Morgan fingerprint density at radius 1 is 0.957 bits per heavy atom. The van der Waals surface area contributed by atoms with Gasteiger partial charge in [-0.05, 0) is 48.2 Å². The molecule has 0 radical (unpaired) electrons. The molecule has 23 heavy (non-hydrogen) atoms. The predicted octanol–water partition coefficient (Wildman–Crippen LogP) is 3.41. The second-order valence-electron chi connectivity index (χ2n) is 6.36. The number of rotatable bonds is 4. The number of ether oxygens (including phenoxy) is 2. The summed E-state index contributed by atoms with van der Waals surface area (Å²) in [5.74, 6) is 1.74. The average molecular weight is 310 g/mol. The number of aromatic nitrogens is 1. The smallest absolute Gasteiger partial charge is 0.161 e. The van der Waals surface area contributed by atoms with Gasteiger partial charge in [-0.2, -0.15) is 0 Å². The summed E-state index contributed by atoms with van der Waals surface area (Å²) in [5.41, 5.74) is 2.62. The van der Waals surface area contributed by atoms with Crippen molar-refractivity contribution in [1.29, 1.82) is 0 Å². The van der Waals surface area contributed by atoms with Crippen molar-refractivity contribution in [2.45, 2.75) is 37.8 Å². The van der Waals surface area contributed by atoms with Crippen LogP contribution in [0.25, 0.3) is 0 Å². The summed E-state index contributed by atoms with van der Waals surface area (Å²) in [6, 6.07) is 10.6. The molecule has 1 saturated carbocycles. The number of fused-ring (bicyclic) bond motifs is 1. The number of benzene rings is 1. The number of nitrogens with one attached hydrogen (secondary N) is 1. The average Bonchev–Trinajstić information content (AvgIpc) is 3.11. The Morgan fingerprint density at radius 2 is 1.70 bits per heavy atom. The maximum atomic E-state index is 5.77. The van der Waals surface area contributed by atoms with Gasteiger partial charge < -0.3 is 14.8 Å². The van der Waals surface area contributed by atoms with E-state index in [1.807, 2.05) is 12.4 Å². The third-order valence-corrected chi connectivity index (χ3v) is 4.93. The van der Waals surface area contributed by atoms with E-state index in [4.69, 9.17) is 9.47 Å². The SMILES string of the molecule is c1cc(CNC2(c3ccc4c(c3)OCCO4)CCCC2)ccn1. The molecule has 120 valence electrons. The van der Waals surface area contributed by atoms with Crippen molar-refractivity contribution >= 4 is 0 Å². The standard InChI is InChI=1S/C19H22N2O2/c1-2-8-19(7-1,21-14-15-5-9-20-10-6-15)16-3-4-17-18(13-16)23-12-11-22-17/h3-6,9-10,13,21H,1-2,7-8,11-12,14H2. The fourth-order valence-electron chi connectivity index (χ4n) is 3.66. The summed E-state index contributed by atoms with van der Waals surface area (Å²) < 4.78 is 11.4. The van der Waals surface area contributed by atoms with Gasteiger partial charge in [-0.1, -0.05) is 18.9 Å². The van der Waals surface area contributed by atoms with E-state index in [1.54, 1.807) is 0 Å². The highest BCUT2D eigenvalue weighted by Crippen LogP contribution is 2.42. The van der Waals surface area contributed by atoms with Crippen molar-refractivity contribution in [2.24, 2.45) is 0 Å². The Labute approximate surface area is 136 Å². The molecular formula is C19H22N2O2. The van der Waals surface area contributed by atoms with Crippen LogP contribution in [-0.2, 0) is 12.1 Å². The Bertz CT molecular complexity index is 666. The van der Waals surface area contributed by atoms with Crippen LogP contribution >= 0.6 is 0 Å². The minimum absolute atomic E-state index is 0.0408. The molecule has 1 aliphatic heterocycles. The molecule has 4 rings (SSSR count). The van der Waals surface area contributed by atoms with Crippen molar-refractivity contribution < 1.29 is 9.47 Å². The quantitative estimate of drug-likeness (QED) is 0.940. The summed E-state index contributed by atoms with van der Waals surface area (Å²) >= 11 is 0. The molecule has 0 atom stereocenters. The molecule has 2 heterocycles. The normalized spacial score (nSPS) is 18.8. The molecule has 0 spiro atoms. The molecule has 4 nitrogen and oxygen atoms in total.